The smallest absolute Gasteiger partial charge is 0.310 e. The van der Waals surface area contributed by atoms with Crippen LogP contribution in [0.5, 0.6) is 11.5 Å². The molecule has 0 saturated carbocycles. The first-order valence-electron chi connectivity index (χ1n) is 5.81. The standard InChI is InChI=1S/C13H10N2O6/c16-12-5-4-10(14(18)19)7-9(12)6-8-2-1-3-11(13(8)17)15(20)21/h1-5,7,16-17H,6H2. The Kier molecular flexibility index (Phi) is 3.70. The Bertz CT molecular complexity index is 729. The van der Waals surface area contributed by atoms with Gasteiger partial charge in [0.05, 0.1) is 9.85 Å². The van der Waals surface area contributed by atoms with E-state index in [2.05, 4.69) is 0 Å². The van der Waals surface area contributed by atoms with Crippen LogP contribution in [0.1, 0.15) is 11.1 Å². The number of para-hydroxylation sites is 1. The van der Waals surface area contributed by atoms with Crippen molar-refractivity contribution in [2.24, 2.45) is 0 Å². The van der Waals surface area contributed by atoms with Gasteiger partial charge in [0, 0.05) is 35.7 Å². The zero-order valence-electron chi connectivity index (χ0n) is 10.6. The van der Waals surface area contributed by atoms with Crippen molar-refractivity contribution >= 4 is 11.4 Å². The molecule has 0 radical (unpaired) electrons. The lowest BCUT2D eigenvalue weighted by Gasteiger charge is -2.07. The van der Waals surface area contributed by atoms with E-state index in [4.69, 9.17) is 0 Å². The van der Waals surface area contributed by atoms with E-state index in [1.54, 1.807) is 0 Å². The number of hydrogen-bond donors (Lipinski definition) is 2. The van der Waals surface area contributed by atoms with E-state index >= 15 is 0 Å². The molecule has 0 heterocycles. The summed E-state index contributed by atoms with van der Waals surface area (Å²) in [5.41, 5.74) is -0.287. The summed E-state index contributed by atoms with van der Waals surface area (Å²) >= 11 is 0. The molecule has 2 aromatic rings. The van der Waals surface area contributed by atoms with Crippen molar-refractivity contribution < 1.29 is 20.1 Å². The summed E-state index contributed by atoms with van der Waals surface area (Å²) in [4.78, 5) is 20.1. The van der Waals surface area contributed by atoms with Gasteiger partial charge in [-0.1, -0.05) is 12.1 Å². The Morgan fingerprint density at radius 2 is 1.67 bits per heavy atom. The van der Waals surface area contributed by atoms with Gasteiger partial charge in [-0.05, 0) is 6.07 Å². The Hall–Kier alpha value is -3.16. The maximum absolute atomic E-state index is 10.7. The van der Waals surface area contributed by atoms with Gasteiger partial charge in [0.1, 0.15) is 5.75 Å². The SMILES string of the molecule is O=[N+]([O-])c1ccc(O)c(Cc2cccc([N+](=O)[O-])c2O)c1. The number of non-ortho nitro benzene ring substituents is 1. The molecular formula is C13H10N2O6. The van der Waals surface area contributed by atoms with Crippen molar-refractivity contribution in [1.82, 2.24) is 0 Å². The van der Waals surface area contributed by atoms with Gasteiger partial charge in [0.15, 0.2) is 5.75 Å². The number of phenolic OH excluding ortho intramolecular Hbond substituents is 2. The summed E-state index contributed by atoms with van der Waals surface area (Å²) < 4.78 is 0. The monoisotopic (exact) mass is 290 g/mol. The van der Waals surface area contributed by atoms with Gasteiger partial charge in [-0.25, -0.2) is 0 Å². The third-order valence-corrected chi connectivity index (χ3v) is 2.95. The van der Waals surface area contributed by atoms with Crippen LogP contribution in [-0.2, 0) is 6.42 Å². The second-order valence-electron chi connectivity index (χ2n) is 4.29. The fourth-order valence-corrected chi connectivity index (χ4v) is 1.90. The number of nitro groups is 2. The minimum atomic E-state index is -0.730. The number of nitrogens with zero attached hydrogens (tertiary/aromatic N) is 2. The van der Waals surface area contributed by atoms with Crippen LogP contribution in [-0.4, -0.2) is 20.1 Å². The van der Waals surface area contributed by atoms with Crippen LogP contribution in [0.3, 0.4) is 0 Å². The highest BCUT2D eigenvalue weighted by molar-refractivity contribution is 5.54. The largest absolute Gasteiger partial charge is 0.508 e. The summed E-state index contributed by atoms with van der Waals surface area (Å²) in [6, 6.07) is 7.45. The van der Waals surface area contributed by atoms with E-state index in [1.165, 1.54) is 18.2 Å². The molecule has 0 spiro atoms. The Labute approximate surface area is 118 Å². The van der Waals surface area contributed by atoms with Crippen molar-refractivity contribution in [2.75, 3.05) is 0 Å². The van der Waals surface area contributed by atoms with Crippen molar-refractivity contribution in [2.45, 2.75) is 6.42 Å². The lowest BCUT2D eigenvalue weighted by molar-refractivity contribution is -0.385. The zero-order valence-corrected chi connectivity index (χ0v) is 10.6. The molecule has 0 saturated heterocycles. The highest BCUT2D eigenvalue weighted by Crippen LogP contribution is 2.33. The van der Waals surface area contributed by atoms with Gasteiger partial charge in [0.25, 0.3) is 5.69 Å². The van der Waals surface area contributed by atoms with Gasteiger partial charge in [-0.3, -0.25) is 20.2 Å². The van der Waals surface area contributed by atoms with Gasteiger partial charge in [0.2, 0.25) is 0 Å². The first-order chi connectivity index (χ1) is 9.90. The van der Waals surface area contributed by atoms with Gasteiger partial charge < -0.3 is 10.2 Å². The molecule has 108 valence electrons. The van der Waals surface area contributed by atoms with Crippen LogP contribution in [0.4, 0.5) is 11.4 Å². The minimum absolute atomic E-state index is 0.0684. The maximum Gasteiger partial charge on any atom is 0.310 e. The molecule has 0 bridgehead atoms. The average molecular weight is 290 g/mol. The Balaban J connectivity index is 2.43. The predicted octanol–water partition coefficient (Wildman–Crippen LogP) is 2.51. The maximum atomic E-state index is 10.7. The van der Waals surface area contributed by atoms with Crippen molar-refractivity contribution in [3.63, 3.8) is 0 Å². The third kappa shape index (κ3) is 2.89. The summed E-state index contributed by atoms with van der Waals surface area (Å²) in [7, 11) is 0. The van der Waals surface area contributed by atoms with Crippen LogP contribution < -0.4 is 0 Å². The van der Waals surface area contributed by atoms with Crippen LogP contribution in [0.25, 0.3) is 0 Å². The van der Waals surface area contributed by atoms with Crippen LogP contribution in [0, 0.1) is 20.2 Å². The van der Waals surface area contributed by atoms with Crippen LogP contribution in [0.2, 0.25) is 0 Å². The van der Waals surface area contributed by atoms with Gasteiger partial charge in [-0.15, -0.1) is 0 Å². The number of aromatic hydroxyl groups is 2. The molecule has 0 aliphatic carbocycles. The fourth-order valence-electron chi connectivity index (χ4n) is 1.90. The zero-order chi connectivity index (χ0) is 15.6. The van der Waals surface area contributed by atoms with Crippen molar-refractivity contribution in [3.05, 3.63) is 67.8 Å². The first kappa shape index (κ1) is 14.3. The molecule has 2 aromatic carbocycles. The Morgan fingerprint density at radius 1 is 0.952 bits per heavy atom. The molecule has 0 aliphatic heterocycles. The first-order valence-corrected chi connectivity index (χ1v) is 5.81. The molecule has 8 nitrogen and oxygen atoms in total. The number of hydrogen-bond acceptors (Lipinski definition) is 6. The number of benzene rings is 2. The molecule has 21 heavy (non-hydrogen) atoms. The summed E-state index contributed by atoms with van der Waals surface area (Å²) in [5.74, 6) is -0.708. The normalized spacial score (nSPS) is 10.3. The van der Waals surface area contributed by atoms with Crippen LogP contribution in [0.15, 0.2) is 36.4 Å². The van der Waals surface area contributed by atoms with E-state index in [9.17, 15) is 30.4 Å². The lowest BCUT2D eigenvalue weighted by Crippen LogP contribution is -1.96. The summed E-state index contributed by atoms with van der Waals surface area (Å²) in [6.07, 6.45) is -0.0684. The Morgan fingerprint density at radius 3 is 2.29 bits per heavy atom. The number of phenols is 2. The molecule has 0 unspecified atom stereocenters. The van der Waals surface area contributed by atoms with Crippen molar-refractivity contribution in [3.8, 4) is 11.5 Å². The second kappa shape index (κ2) is 5.45. The highest BCUT2D eigenvalue weighted by Gasteiger charge is 2.18. The molecule has 0 atom stereocenters. The van der Waals surface area contributed by atoms with E-state index in [1.807, 2.05) is 0 Å². The van der Waals surface area contributed by atoms with E-state index in [0.29, 0.717) is 0 Å². The molecule has 2 N–H and O–H groups in total. The number of rotatable bonds is 4. The van der Waals surface area contributed by atoms with E-state index in [0.717, 1.165) is 18.2 Å². The number of nitro benzene ring substituents is 2. The molecule has 0 aromatic heterocycles. The average Bonchev–Trinajstić information content (AvgIpc) is 2.42. The predicted molar refractivity (Wildman–Crippen MR) is 72.3 cm³/mol. The molecule has 2 rings (SSSR count). The van der Waals surface area contributed by atoms with E-state index < -0.39 is 21.3 Å². The molecule has 0 fully saturated rings. The lowest BCUT2D eigenvalue weighted by atomic mass is 10.0. The third-order valence-electron chi connectivity index (χ3n) is 2.95. The molecule has 0 aliphatic rings. The van der Waals surface area contributed by atoms with E-state index in [-0.39, 0.29) is 29.0 Å². The molecular weight excluding hydrogens is 280 g/mol. The molecule has 0 amide bonds. The highest BCUT2D eigenvalue weighted by atomic mass is 16.6. The quantitative estimate of drug-likeness (QED) is 0.657. The van der Waals surface area contributed by atoms with Crippen LogP contribution >= 0.6 is 0 Å². The van der Waals surface area contributed by atoms with Gasteiger partial charge >= 0.3 is 5.69 Å². The summed E-state index contributed by atoms with van der Waals surface area (Å²) in [5, 5.41) is 41.0. The topological polar surface area (TPSA) is 127 Å². The fraction of sp³-hybridized carbons (Fsp3) is 0.0769. The summed E-state index contributed by atoms with van der Waals surface area (Å²) in [6.45, 7) is 0. The van der Waals surface area contributed by atoms with Crippen molar-refractivity contribution in [1.29, 1.82) is 0 Å². The molecule has 8 heteroatoms. The minimum Gasteiger partial charge on any atom is -0.508 e. The van der Waals surface area contributed by atoms with Gasteiger partial charge in [-0.2, -0.15) is 0 Å². The second-order valence-corrected chi connectivity index (χ2v) is 4.29.